The highest BCUT2D eigenvalue weighted by molar-refractivity contribution is 5.93. The zero-order valence-electron chi connectivity index (χ0n) is 13.9. The number of hydrogen-bond acceptors (Lipinski definition) is 6. The molecule has 1 amide bonds. The number of fused-ring (bicyclic) bond motifs is 1. The monoisotopic (exact) mass is 352 g/mol. The smallest absolute Gasteiger partial charge is 0.276 e. The summed E-state index contributed by atoms with van der Waals surface area (Å²) in [6, 6.07) is 10.8. The quantitative estimate of drug-likeness (QED) is 0.716. The minimum atomic E-state index is -0.153. The van der Waals surface area contributed by atoms with Gasteiger partial charge in [0.15, 0.2) is 23.0 Å². The number of carbonyl (C=O) groups is 1. The molecule has 1 aromatic carbocycles. The standard InChI is InChI=1S/C19H16N2O5/c22-19(21-7-1-3-14(21)15-4-2-8-23-15)13-10-17(26-20-13)12-5-6-16-18(9-12)25-11-24-16/h2,4-6,8-10,14H,1,3,7,11H2/t14-/m1/s1. The molecule has 26 heavy (non-hydrogen) atoms. The van der Waals surface area contributed by atoms with Gasteiger partial charge in [-0.25, -0.2) is 0 Å². The topological polar surface area (TPSA) is 77.9 Å². The lowest BCUT2D eigenvalue weighted by Crippen LogP contribution is -2.30. The van der Waals surface area contributed by atoms with Gasteiger partial charge in [-0.2, -0.15) is 0 Å². The van der Waals surface area contributed by atoms with Crippen LogP contribution in [0.5, 0.6) is 11.5 Å². The van der Waals surface area contributed by atoms with Gasteiger partial charge in [-0.05, 0) is 43.2 Å². The molecule has 2 aromatic heterocycles. The average molecular weight is 352 g/mol. The van der Waals surface area contributed by atoms with Crippen molar-refractivity contribution < 1.29 is 23.2 Å². The molecule has 0 bridgehead atoms. The van der Waals surface area contributed by atoms with Gasteiger partial charge in [-0.3, -0.25) is 4.79 Å². The summed E-state index contributed by atoms with van der Waals surface area (Å²) < 4.78 is 21.6. The number of aromatic nitrogens is 1. The van der Waals surface area contributed by atoms with E-state index in [1.165, 1.54) is 0 Å². The molecule has 2 aliphatic heterocycles. The second kappa shape index (κ2) is 5.94. The van der Waals surface area contributed by atoms with Gasteiger partial charge in [0.1, 0.15) is 5.76 Å². The normalized spacial score (nSPS) is 18.5. The predicted octanol–water partition coefficient (Wildman–Crippen LogP) is 3.64. The number of ether oxygens (including phenoxy) is 2. The third-order valence-electron chi connectivity index (χ3n) is 4.77. The lowest BCUT2D eigenvalue weighted by atomic mass is 10.1. The Morgan fingerprint density at radius 1 is 1.15 bits per heavy atom. The molecular formula is C19H16N2O5. The van der Waals surface area contributed by atoms with Crippen molar-refractivity contribution >= 4 is 5.91 Å². The minimum Gasteiger partial charge on any atom is -0.467 e. The van der Waals surface area contributed by atoms with E-state index < -0.39 is 0 Å². The molecule has 1 saturated heterocycles. The van der Waals surface area contributed by atoms with Crippen LogP contribution in [0.25, 0.3) is 11.3 Å². The number of benzene rings is 1. The molecule has 0 saturated carbocycles. The summed E-state index contributed by atoms with van der Waals surface area (Å²) in [7, 11) is 0. The van der Waals surface area contributed by atoms with E-state index in [0.717, 1.165) is 24.2 Å². The summed E-state index contributed by atoms with van der Waals surface area (Å²) in [6.45, 7) is 0.887. The Bertz CT molecular complexity index is 947. The molecule has 0 unspecified atom stereocenters. The van der Waals surface area contributed by atoms with E-state index in [1.54, 1.807) is 17.2 Å². The fourth-order valence-corrected chi connectivity index (χ4v) is 3.50. The maximum Gasteiger partial charge on any atom is 0.276 e. The van der Waals surface area contributed by atoms with E-state index >= 15 is 0 Å². The van der Waals surface area contributed by atoms with E-state index in [9.17, 15) is 4.79 Å². The average Bonchev–Trinajstić information content (AvgIpc) is 3.47. The number of rotatable bonds is 3. The number of likely N-dealkylation sites (tertiary alicyclic amines) is 1. The maximum absolute atomic E-state index is 12.9. The van der Waals surface area contributed by atoms with Crippen LogP contribution < -0.4 is 9.47 Å². The summed E-state index contributed by atoms with van der Waals surface area (Å²) in [5.74, 6) is 2.52. The van der Waals surface area contributed by atoms with Crippen molar-refractivity contribution in [1.82, 2.24) is 10.1 Å². The van der Waals surface area contributed by atoms with Gasteiger partial charge in [0, 0.05) is 18.2 Å². The molecule has 0 radical (unpaired) electrons. The Hall–Kier alpha value is -3.22. The van der Waals surface area contributed by atoms with Crippen molar-refractivity contribution in [2.45, 2.75) is 18.9 Å². The van der Waals surface area contributed by atoms with E-state index in [4.69, 9.17) is 18.4 Å². The summed E-state index contributed by atoms with van der Waals surface area (Å²) in [5, 5.41) is 3.98. The zero-order valence-corrected chi connectivity index (χ0v) is 13.9. The molecule has 132 valence electrons. The van der Waals surface area contributed by atoms with Crippen LogP contribution in [0.4, 0.5) is 0 Å². The number of amides is 1. The van der Waals surface area contributed by atoms with Crippen LogP contribution in [-0.2, 0) is 0 Å². The Labute approximate surface area is 149 Å². The minimum absolute atomic E-state index is 0.0526. The first-order valence-corrected chi connectivity index (χ1v) is 8.51. The third-order valence-corrected chi connectivity index (χ3v) is 4.77. The van der Waals surface area contributed by atoms with Crippen LogP contribution in [0, 0.1) is 0 Å². The highest BCUT2D eigenvalue weighted by Crippen LogP contribution is 2.37. The van der Waals surface area contributed by atoms with Crippen LogP contribution in [0.2, 0.25) is 0 Å². The molecule has 1 fully saturated rings. The highest BCUT2D eigenvalue weighted by atomic mass is 16.7. The van der Waals surface area contributed by atoms with Crippen LogP contribution in [0.15, 0.2) is 51.6 Å². The number of furan rings is 1. The first-order chi connectivity index (χ1) is 12.8. The summed E-state index contributed by atoms with van der Waals surface area (Å²) in [6.07, 6.45) is 3.44. The molecule has 4 heterocycles. The number of carbonyl (C=O) groups excluding carboxylic acids is 1. The van der Waals surface area contributed by atoms with E-state index in [-0.39, 0.29) is 24.4 Å². The fraction of sp³-hybridized carbons (Fsp3) is 0.263. The molecule has 0 spiro atoms. The number of hydrogen-bond donors (Lipinski definition) is 0. The summed E-state index contributed by atoms with van der Waals surface area (Å²) in [5.41, 5.74) is 1.07. The number of nitrogens with zero attached hydrogens (tertiary/aromatic N) is 2. The van der Waals surface area contributed by atoms with Crippen LogP contribution in [0.3, 0.4) is 0 Å². The molecule has 0 aliphatic carbocycles. The molecule has 7 heteroatoms. The van der Waals surface area contributed by atoms with Crippen molar-refractivity contribution in [1.29, 1.82) is 0 Å². The Morgan fingerprint density at radius 2 is 2.08 bits per heavy atom. The van der Waals surface area contributed by atoms with Crippen LogP contribution in [0.1, 0.15) is 35.1 Å². The maximum atomic E-state index is 12.9. The first-order valence-electron chi connectivity index (χ1n) is 8.51. The van der Waals surface area contributed by atoms with Crippen molar-refractivity contribution in [3.63, 3.8) is 0 Å². The van der Waals surface area contributed by atoms with Gasteiger partial charge < -0.3 is 23.3 Å². The van der Waals surface area contributed by atoms with Crippen molar-refractivity contribution in [2.75, 3.05) is 13.3 Å². The molecule has 2 aliphatic rings. The van der Waals surface area contributed by atoms with Crippen LogP contribution in [-0.4, -0.2) is 29.3 Å². The molecule has 3 aromatic rings. The SMILES string of the molecule is O=C(c1cc(-c2ccc3c(c2)OCO3)on1)N1CCC[C@@H]1c1ccco1. The Balaban J connectivity index is 1.40. The zero-order chi connectivity index (χ0) is 17.5. The molecule has 1 atom stereocenters. The molecule has 5 rings (SSSR count). The van der Waals surface area contributed by atoms with Crippen molar-refractivity contribution in [3.8, 4) is 22.8 Å². The van der Waals surface area contributed by atoms with Gasteiger partial charge in [-0.15, -0.1) is 0 Å². The summed E-state index contributed by atoms with van der Waals surface area (Å²) >= 11 is 0. The Kier molecular flexibility index (Phi) is 3.44. The van der Waals surface area contributed by atoms with E-state index in [0.29, 0.717) is 23.8 Å². The van der Waals surface area contributed by atoms with Gasteiger partial charge in [0.25, 0.3) is 5.91 Å². The fourth-order valence-electron chi connectivity index (χ4n) is 3.50. The highest BCUT2D eigenvalue weighted by Gasteiger charge is 2.33. The van der Waals surface area contributed by atoms with Gasteiger partial charge in [-0.1, -0.05) is 5.16 Å². The largest absolute Gasteiger partial charge is 0.467 e. The molecule has 0 N–H and O–H groups in total. The third kappa shape index (κ3) is 2.44. The van der Waals surface area contributed by atoms with Gasteiger partial charge in [0.05, 0.1) is 12.3 Å². The lowest BCUT2D eigenvalue weighted by molar-refractivity contribution is 0.0709. The second-order valence-electron chi connectivity index (χ2n) is 6.32. The predicted molar refractivity (Wildman–Crippen MR) is 89.8 cm³/mol. The van der Waals surface area contributed by atoms with Gasteiger partial charge >= 0.3 is 0 Å². The van der Waals surface area contributed by atoms with Crippen LogP contribution >= 0.6 is 0 Å². The Morgan fingerprint density at radius 3 is 2.96 bits per heavy atom. The van der Waals surface area contributed by atoms with E-state index in [1.807, 2.05) is 30.3 Å². The summed E-state index contributed by atoms with van der Waals surface area (Å²) in [4.78, 5) is 14.7. The second-order valence-corrected chi connectivity index (χ2v) is 6.32. The molecule has 7 nitrogen and oxygen atoms in total. The lowest BCUT2D eigenvalue weighted by Gasteiger charge is -2.21. The van der Waals surface area contributed by atoms with E-state index in [2.05, 4.69) is 5.16 Å². The van der Waals surface area contributed by atoms with Crippen molar-refractivity contribution in [3.05, 3.63) is 54.1 Å². The first kappa shape index (κ1) is 15.1. The van der Waals surface area contributed by atoms with Gasteiger partial charge in [0.2, 0.25) is 6.79 Å². The molecular weight excluding hydrogens is 336 g/mol. The van der Waals surface area contributed by atoms with Crippen molar-refractivity contribution in [2.24, 2.45) is 0 Å².